The lowest BCUT2D eigenvalue weighted by Crippen LogP contribution is -2.41. The summed E-state index contributed by atoms with van der Waals surface area (Å²) in [6, 6.07) is 14.0. The molecule has 0 N–H and O–H groups in total. The molecule has 2 aromatic carbocycles. The van der Waals surface area contributed by atoms with Crippen molar-refractivity contribution >= 4 is 16.0 Å². The molecule has 0 spiro atoms. The zero-order chi connectivity index (χ0) is 20.1. The summed E-state index contributed by atoms with van der Waals surface area (Å²) in [5.41, 5.74) is 2.97. The first kappa shape index (κ1) is 20.6. The molecule has 0 amide bonds. The zero-order valence-electron chi connectivity index (χ0n) is 16.4. The summed E-state index contributed by atoms with van der Waals surface area (Å²) in [5, 5.41) is 0. The van der Waals surface area contributed by atoms with E-state index >= 15 is 0 Å². The van der Waals surface area contributed by atoms with Crippen molar-refractivity contribution < 1.29 is 17.9 Å². The number of fused-ring (bicyclic) bond motifs is 1. The highest BCUT2D eigenvalue weighted by Gasteiger charge is 2.37. The second-order valence-electron chi connectivity index (χ2n) is 7.17. The molecule has 5 nitrogen and oxygen atoms in total. The number of aryl methyl sites for hydroxylation is 1. The van der Waals surface area contributed by atoms with Crippen molar-refractivity contribution in [1.82, 2.24) is 4.31 Å². The average Bonchev–Trinajstić information content (AvgIpc) is 2.68. The van der Waals surface area contributed by atoms with Crippen LogP contribution in [0.4, 0.5) is 0 Å². The van der Waals surface area contributed by atoms with Gasteiger partial charge in [0.05, 0.1) is 24.0 Å². The van der Waals surface area contributed by atoms with Gasteiger partial charge in [-0.1, -0.05) is 55.3 Å². The van der Waals surface area contributed by atoms with Crippen molar-refractivity contribution in [2.45, 2.75) is 50.5 Å². The molecule has 1 aliphatic rings. The molecule has 1 heterocycles. The van der Waals surface area contributed by atoms with E-state index in [2.05, 4.69) is 0 Å². The lowest BCUT2D eigenvalue weighted by atomic mass is 9.92. The van der Waals surface area contributed by atoms with E-state index in [0.717, 1.165) is 29.5 Å². The molecule has 3 rings (SSSR count). The predicted octanol–water partition coefficient (Wildman–Crippen LogP) is 4.02. The highest BCUT2D eigenvalue weighted by atomic mass is 32.2. The number of hydrogen-bond donors (Lipinski definition) is 0. The Morgan fingerprint density at radius 3 is 2.57 bits per heavy atom. The van der Waals surface area contributed by atoms with E-state index in [9.17, 15) is 13.2 Å². The molecule has 0 bridgehead atoms. The minimum Gasteiger partial charge on any atom is -0.466 e. The van der Waals surface area contributed by atoms with Gasteiger partial charge in [-0.05, 0) is 43.0 Å². The average molecular weight is 402 g/mol. The molecular formula is C22H27NO4S. The molecule has 150 valence electrons. The Balaban J connectivity index is 1.92. The van der Waals surface area contributed by atoms with Gasteiger partial charge in [-0.25, -0.2) is 8.42 Å². The zero-order valence-corrected chi connectivity index (χ0v) is 17.2. The minimum atomic E-state index is -3.72. The Bertz CT molecular complexity index is 922. The van der Waals surface area contributed by atoms with Crippen LogP contribution < -0.4 is 0 Å². The van der Waals surface area contributed by atoms with Crippen molar-refractivity contribution in [3.8, 4) is 0 Å². The minimum absolute atomic E-state index is 0.0197. The maximum atomic E-state index is 13.3. The molecule has 1 aliphatic heterocycles. The normalized spacial score (nSPS) is 17.1. The van der Waals surface area contributed by atoms with Crippen molar-refractivity contribution in [1.29, 1.82) is 0 Å². The molecule has 0 aliphatic carbocycles. The first-order valence-electron chi connectivity index (χ1n) is 9.75. The van der Waals surface area contributed by atoms with Crippen LogP contribution in [0.25, 0.3) is 0 Å². The van der Waals surface area contributed by atoms with E-state index in [0.29, 0.717) is 19.6 Å². The summed E-state index contributed by atoms with van der Waals surface area (Å²) >= 11 is 0. The molecule has 0 radical (unpaired) electrons. The summed E-state index contributed by atoms with van der Waals surface area (Å²) in [6.45, 7) is 4.66. The monoisotopic (exact) mass is 401 g/mol. The Kier molecular flexibility index (Phi) is 6.52. The lowest BCUT2D eigenvalue weighted by molar-refractivity contribution is -0.144. The molecule has 2 aromatic rings. The van der Waals surface area contributed by atoms with E-state index in [4.69, 9.17) is 4.74 Å². The van der Waals surface area contributed by atoms with E-state index in [1.807, 2.05) is 38.1 Å². The maximum absolute atomic E-state index is 13.3. The molecule has 0 fully saturated rings. The van der Waals surface area contributed by atoms with Gasteiger partial charge in [0.25, 0.3) is 0 Å². The smallest absolute Gasteiger partial charge is 0.307 e. The fraction of sp³-hybridized carbons (Fsp3) is 0.409. The standard InChI is InChI=1S/C22H27NO4S/c1-3-4-15-27-22(24)16-21-20-8-6-5-7-18(20)13-14-23(21)28(25,26)19-11-9-17(2)10-12-19/h5-12,21H,3-4,13-16H2,1-2H3. The highest BCUT2D eigenvalue weighted by Crippen LogP contribution is 2.36. The number of rotatable bonds is 7. The van der Waals surface area contributed by atoms with Crippen LogP contribution in [-0.4, -0.2) is 31.8 Å². The summed E-state index contributed by atoms with van der Waals surface area (Å²) in [6.07, 6.45) is 2.39. The molecule has 1 unspecified atom stereocenters. The van der Waals surface area contributed by atoms with Crippen LogP contribution in [0.1, 0.15) is 48.9 Å². The fourth-order valence-electron chi connectivity index (χ4n) is 3.52. The number of carbonyl (C=O) groups is 1. The molecule has 1 atom stereocenters. The number of ether oxygens (including phenoxy) is 1. The third-order valence-electron chi connectivity index (χ3n) is 5.11. The Morgan fingerprint density at radius 2 is 1.86 bits per heavy atom. The van der Waals surface area contributed by atoms with Crippen LogP contribution in [0, 0.1) is 6.92 Å². The number of nitrogens with zero attached hydrogens (tertiary/aromatic N) is 1. The Hall–Kier alpha value is -2.18. The van der Waals surface area contributed by atoms with Gasteiger partial charge in [0.2, 0.25) is 10.0 Å². The molecule has 0 aromatic heterocycles. The van der Waals surface area contributed by atoms with Crippen LogP contribution in [0.3, 0.4) is 0 Å². The first-order valence-corrected chi connectivity index (χ1v) is 11.2. The Labute approximate surface area is 167 Å². The summed E-state index contributed by atoms with van der Waals surface area (Å²) < 4.78 is 33.5. The highest BCUT2D eigenvalue weighted by molar-refractivity contribution is 7.89. The first-order chi connectivity index (χ1) is 13.4. The second-order valence-corrected chi connectivity index (χ2v) is 9.06. The number of hydrogen-bond acceptors (Lipinski definition) is 4. The van der Waals surface area contributed by atoms with Crippen LogP contribution in [0.5, 0.6) is 0 Å². The summed E-state index contributed by atoms with van der Waals surface area (Å²) in [7, 11) is -3.72. The number of benzene rings is 2. The van der Waals surface area contributed by atoms with E-state index in [1.165, 1.54) is 4.31 Å². The summed E-state index contributed by atoms with van der Waals surface area (Å²) in [5.74, 6) is -0.362. The van der Waals surface area contributed by atoms with Gasteiger partial charge in [0.15, 0.2) is 0 Å². The number of unbranched alkanes of at least 4 members (excludes halogenated alkanes) is 1. The van der Waals surface area contributed by atoms with Gasteiger partial charge in [-0.15, -0.1) is 0 Å². The predicted molar refractivity (Wildman–Crippen MR) is 108 cm³/mol. The molecule has 0 saturated heterocycles. The number of esters is 1. The number of carbonyl (C=O) groups excluding carboxylic acids is 1. The fourth-order valence-corrected chi connectivity index (χ4v) is 5.13. The Morgan fingerprint density at radius 1 is 1.14 bits per heavy atom. The van der Waals surface area contributed by atoms with Gasteiger partial charge in [0, 0.05) is 6.54 Å². The van der Waals surface area contributed by atoms with Crippen molar-refractivity contribution in [3.05, 3.63) is 65.2 Å². The van der Waals surface area contributed by atoms with Gasteiger partial charge in [0.1, 0.15) is 0 Å². The van der Waals surface area contributed by atoms with Crippen molar-refractivity contribution in [3.63, 3.8) is 0 Å². The maximum Gasteiger partial charge on any atom is 0.307 e. The van der Waals surface area contributed by atoms with Crippen molar-refractivity contribution in [2.24, 2.45) is 0 Å². The molecule has 6 heteroatoms. The number of sulfonamides is 1. The quantitative estimate of drug-likeness (QED) is 0.519. The third-order valence-corrected chi connectivity index (χ3v) is 7.03. The van der Waals surface area contributed by atoms with Gasteiger partial charge < -0.3 is 4.74 Å². The van der Waals surface area contributed by atoms with Gasteiger partial charge >= 0.3 is 5.97 Å². The van der Waals surface area contributed by atoms with Crippen LogP contribution >= 0.6 is 0 Å². The third kappa shape index (κ3) is 4.45. The largest absolute Gasteiger partial charge is 0.466 e. The van der Waals surface area contributed by atoms with E-state index in [1.54, 1.807) is 24.3 Å². The van der Waals surface area contributed by atoms with Gasteiger partial charge in [-0.2, -0.15) is 4.31 Å². The van der Waals surface area contributed by atoms with Crippen LogP contribution in [0.15, 0.2) is 53.4 Å². The summed E-state index contributed by atoms with van der Waals surface area (Å²) in [4.78, 5) is 12.7. The lowest BCUT2D eigenvalue weighted by Gasteiger charge is -2.36. The van der Waals surface area contributed by atoms with Crippen molar-refractivity contribution in [2.75, 3.05) is 13.2 Å². The SMILES string of the molecule is CCCCOC(=O)CC1c2ccccc2CCN1S(=O)(=O)c1ccc(C)cc1. The van der Waals surface area contributed by atoms with Gasteiger partial charge in [-0.3, -0.25) is 4.79 Å². The van der Waals surface area contributed by atoms with Crippen LogP contribution in [-0.2, 0) is 26.0 Å². The second kappa shape index (κ2) is 8.88. The molecule has 0 saturated carbocycles. The van der Waals surface area contributed by atoms with E-state index in [-0.39, 0.29) is 17.3 Å². The van der Waals surface area contributed by atoms with E-state index < -0.39 is 16.1 Å². The molecule has 28 heavy (non-hydrogen) atoms. The molecular weight excluding hydrogens is 374 g/mol. The topological polar surface area (TPSA) is 63.7 Å². The van der Waals surface area contributed by atoms with Crippen LogP contribution in [0.2, 0.25) is 0 Å².